The van der Waals surface area contributed by atoms with Crippen molar-refractivity contribution in [1.82, 2.24) is 9.80 Å². The van der Waals surface area contributed by atoms with Crippen LogP contribution in [-0.4, -0.2) is 55.7 Å². The van der Waals surface area contributed by atoms with E-state index in [0.29, 0.717) is 6.42 Å². The predicted octanol–water partition coefficient (Wildman–Crippen LogP) is 2.51. The number of rotatable bonds is 7. The van der Waals surface area contributed by atoms with E-state index in [0.717, 1.165) is 50.8 Å². The Morgan fingerprint density at radius 2 is 1.87 bits per heavy atom. The van der Waals surface area contributed by atoms with E-state index in [1.807, 2.05) is 26.0 Å². The van der Waals surface area contributed by atoms with E-state index in [1.54, 1.807) is 7.11 Å². The molecule has 1 aliphatic heterocycles. The lowest BCUT2D eigenvalue weighted by atomic mass is 10.1. The molecule has 1 aromatic carbocycles. The third-order valence-corrected chi connectivity index (χ3v) is 4.03. The summed E-state index contributed by atoms with van der Waals surface area (Å²) in [6, 6.07) is 8.30. The quantitative estimate of drug-likeness (QED) is 0.773. The van der Waals surface area contributed by atoms with Gasteiger partial charge >= 0.3 is 0 Å². The molecule has 0 radical (unpaired) electrons. The summed E-state index contributed by atoms with van der Waals surface area (Å²) in [5.41, 5.74) is 1.17. The molecule has 1 aromatic rings. The average molecular weight is 317 g/mol. The summed E-state index contributed by atoms with van der Waals surface area (Å²) in [5, 5.41) is 8.68. The van der Waals surface area contributed by atoms with Crippen molar-refractivity contribution in [1.29, 1.82) is 5.26 Å². The van der Waals surface area contributed by atoms with E-state index >= 15 is 0 Å². The smallest absolute Gasteiger partial charge is 0.166 e. The molecule has 126 valence electrons. The van der Waals surface area contributed by atoms with Crippen molar-refractivity contribution >= 4 is 0 Å². The molecule has 0 N–H and O–H groups in total. The molecule has 1 saturated heterocycles. The summed E-state index contributed by atoms with van der Waals surface area (Å²) in [5.74, 6) is 1.65. The largest absolute Gasteiger partial charge is 0.493 e. The second-order valence-corrected chi connectivity index (χ2v) is 6.14. The molecule has 5 heteroatoms. The minimum Gasteiger partial charge on any atom is -0.493 e. The first-order valence-electron chi connectivity index (χ1n) is 8.28. The zero-order chi connectivity index (χ0) is 16.7. The van der Waals surface area contributed by atoms with Crippen LogP contribution in [0.5, 0.6) is 11.5 Å². The van der Waals surface area contributed by atoms with Crippen molar-refractivity contribution in [2.75, 3.05) is 39.8 Å². The first-order valence-corrected chi connectivity index (χ1v) is 8.28. The normalized spacial score (nSPS) is 16.3. The van der Waals surface area contributed by atoms with Crippen LogP contribution in [0.2, 0.25) is 0 Å². The van der Waals surface area contributed by atoms with Crippen LogP contribution in [-0.2, 0) is 6.54 Å². The summed E-state index contributed by atoms with van der Waals surface area (Å²) in [7, 11) is 1.68. The minimum atomic E-state index is 0.118. The van der Waals surface area contributed by atoms with Gasteiger partial charge in [0.25, 0.3) is 0 Å². The van der Waals surface area contributed by atoms with Crippen molar-refractivity contribution in [3.63, 3.8) is 0 Å². The molecule has 0 saturated carbocycles. The lowest BCUT2D eigenvalue weighted by Crippen LogP contribution is -2.46. The molecule has 0 spiro atoms. The SMILES string of the molecule is COc1cccc(CN2CCN(CCC#N)CC2)c1OC(C)C. The number of para-hydroxylation sites is 1. The second-order valence-electron chi connectivity index (χ2n) is 6.14. The maximum Gasteiger partial charge on any atom is 0.166 e. The second kappa shape index (κ2) is 8.76. The van der Waals surface area contributed by atoms with Crippen LogP contribution in [0, 0.1) is 11.3 Å². The Morgan fingerprint density at radius 3 is 2.48 bits per heavy atom. The summed E-state index contributed by atoms with van der Waals surface area (Å²) in [6.45, 7) is 9.89. The maximum atomic E-state index is 8.68. The molecule has 0 aliphatic carbocycles. The van der Waals surface area contributed by atoms with Crippen molar-refractivity contribution in [3.8, 4) is 17.6 Å². The molecule has 1 fully saturated rings. The molecule has 0 unspecified atom stereocenters. The van der Waals surface area contributed by atoms with E-state index in [9.17, 15) is 0 Å². The van der Waals surface area contributed by atoms with Crippen LogP contribution in [0.4, 0.5) is 0 Å². The van der Waals surface area contributed by atoms with Gasteiger partial charge in [-0.05, 0) is 19.9 Å². The predicted molar refractivity (Wildman–Crippen MR) is 90.7 cm³/mol. The number of hydrogen-bond acceptors (Lipinski definition) is 5. The van der Waals surface area contributed by atoms with Crippen molar-refractivity contribution in [2.24, 2.45) is 0 Å². The van der Waals surface area contributed by atoms with E-state index in [2.05, 4.69) is 21.9 Å². The monoisotopic (exact) mass is 317 g/mol. The Labute approximate surface area is 139 Å². The van der Waals surface area contributed by atoms with Crippen LogP contribution in [0.25, 0.3) is 0 Å². The first-order chi connectivity index (χ1) is 11.1. The molecule has 23 heavy (non-hydrogen) atoms. The Balaban J connectivity index is 1.99. The molecule has 5 nitrogen and oxygen atoms in total. The Hall–Kier alpha value is -1.77. The number of hydrogen-bond donors (Lipinski definition) is 0. The van der Waals surface area contributed by atoms with Gasteiger partial charge in [0, 0.05) is 51.3 Å². The Bertz CT molecular complexity index is 532. The highest BCUT2D eigenvalue weighted by molar-refractivity contribution is 5.46. The van der Waals surface area contributed by atoms with Crippen LogP contribution in [0.3, 0.4) is 0 Å². The molecule has 1 heterocycles. The molecule has 0 bridgehead atoms. The van der Waals surface area contributed by atoms with Gasteiger partial charge in [-0.3, -0.25) is 9.80 Å². The van der Waals surface area contributed by atoms with Gasteiger partial charge in [0.15, 0.2) is 11.5 Å². The Morgan fingerprint density at radius 1 is 1.17 bits per heavy atom. The van der Waals surface area contributed by atoms with Crippen molar-refractivity contribution in [3.05, 3.63) is 23.8 Å². The van der Waals surface area contributed by atoms with Crippen LogP contribution in [0.15, 0.2) is 18.2 Å². The Kier molecular flexibility index (Phi) is 6.69. The van der Waals surface area contributed by atoms with Gasteiger partial charge in [-0.2, -0.15) is 5.26 Å². The lowest BCUT2D eigenvalue weighted by molar-refractivity contribution is 0.127. The van der Waals surface area contributed by atoms with Crippen LogP contribution >= 0.6 is 0 Å². The van der Waals surface area contributed by atoms with Gasteiger partial charge in [0.05, 0.1) is 19.3 Å². The van der Waals surface area contributed by atoms with E-state index in [-0.39, 0.29) is 6.10 Å². The zero-order valence-corrected chi connectivity index (χ0v) is 14.4. The summed E-state index contributed by atoms with van der Waals surface area (Å²) < 4.78 is 11.4. The van der Waals surface area contributed by atoms with E-state index in [1.165, 1.54) is 5.56 Å². The van der Waals surface area contributed by atoms with Gasteiger partial charge in [-0.1, -0.05) is 12.1 Å². The summed E-state index contributed by atoms with van der Waals surface area (Å²) in [6.07, 6.45) is 0.732. The first kappa shape index (κ1) is 17.6. The fraction of sp³-hybridized carbons (Fsp3) is 0.611. The van der Waals surface area contributed by atoms with Crippen molar-refractivity contribution < 1.29 is 9.47 Å². The van der Waals surface area contributed by atoms with Gasteiger partial charge in [-0.25, -0.2) is 0 Å². The van der Waals surface area contributed by atoms with E-state index < -0.39 is 0 Å². The summed E-state index contributed by atoms with van der Waals surface area (Å²) in [4.78, 5) is 4.79. The van der Waals surface area contributed by atoms with Crippen LogP contribution < -0.4 is 9.47 Å². The van der Waals surface area contributed by atoms with Crippen LogP contribution in [0.1, 0.15) is 25.8 Å². The van der Waals surface area contributed by atoms with Gasteiger partial charge in [0.2, 0.25) is 0 Å². The zero-order valence-electron chi connectivity index (χ0n) is 14.4. The van der Waals surface area contributed by atoms with Gasteiger partial charge < -0.3 is 9.47 Å². The number of piperazine rings is 1. The number of ether oxygens (including phenoxy) is 2. The number of methoxy groups -OCH3 is 1. The number of nitrogens with zero attached hydrogens (tertiary/aromatic N) is 3. The third-order valence-electron chi connectivity index (χ3n) is 4.03. The topological polar surface area (TPSA) is 48.7 Å². The number of nitriles is 1. The molecular weight excluding hydrogens is 290 g/mol. The molecule has 0 amide bonds. The van der Waals surface area contributed by atoms with E-state index in [4.69, 9.17) is 14.7 Å². The standard InChI is InChI=1S/C18H27N3O2/c1-15(2)23-18-16(6-4-7-17(18)22-3)14-21-12-10-20(11-13-21)9-5-8-19/h4,6-7,15H,5,9-14H2,1-3H3. The van der Waals surface area contributed by atoms with Gasteiger partial charge in [-0.15, -0.1) is 0 Å². The number of benzene rings is 1. The molecule has 2 rings (SSSR count). The molecule has 0 aromatic heterocycles. The summed E-state index contributed by atoms with van der Waals surface area (Å²) >= 11 is 0. The fourth-order valence-corrected chi connectivity index (χ4v) is 2.84. The highest BCUT2D eigenvalue weighted by Gasteiger charge is 2.19. The highest BCUT2D eigenvalue weighted by atomic mass is 16.5. The maximum absolute atomic E-state index is 8.68. The third kappa shape index (κ3) is 5.12. The van der Waals surface area contributed by atoms with Crippen molar-refractivity contribution in [2.45, 2.75) is 32.9 Å². The minimum absolute atomic E-state index is 0.118. The molecular formula is C18H27N3O2. The fourth-order valence-electron chi connectivity index (χ4n) is 2.84. The molecule has 1 aliphatic rings. The highest BCUT2D eigenvalue weighted by Crippen LogP contribution is 2.33. The van der Waals surface area contributed by atoms with Gasteiger partial charge in [0.1, 0.15) is 0 Å². The average Bonchev–Trinajstić information content (AvgIpc) is 2.55. The molecule has 0 atom stereocenters. The lowest BCUT2D eigenvalue weighted by Gasteiger charge is -2.34.